The number of unbranched alkanes of at least 4 members (excludes halogenated alkanes) is 28. The van der Waals surface area contributed by atoms with Gasteiger partial charge in [-0.25, -0.2) is 4.18 Å². The normalized spacial score (nSPS) is 20.8. The number of rotatable bonds is 42. The number of allylic oxidation sites excluding steroid dienone is 3. The molecule has 5 unspecified atom stereocenters. The van der Waals surface area contributed by atoms with Crippen LogP contribution < -0.4 is 5.32 Å². The number of aliphatic hydroxyl groups is 4. The molecule has 0 saturated carbocycles. The first-order chi connectivity index (χ1) is 29.5. The highest BCUT2D eigenvalue weighted by Crippen LogP contribution is 2.26. The summed E-state index contributed by atoms with van der Waals surface area (Å²) in [7, 11) is -5.08. The Morgan fingerprint density at radius 3 is 1.48 bits per heavy atom. The summed E-state index contributed by atoms with van der Waals surface area (Å²) in [6, 6.07) is -0.942. The summed E-state index contributed by atoms with van der Waals surface area (Å²) in [5.41, 5.74) is 0. The van der Waals surface area contributed by atoms with Crippen LogP contribution in [-0.4, -0.2) is 95.4 Å². The fraction of sp³-hybridized carbons (Fsp3) is 0.896. The van der Waals surface area contributed by atoms with Crippen LogP contribution in [-0.2, 0) is 28.9 Å². The van der Waals surface area contributed by atoms with Crippen LogP contribution in [0.15, 0.2) is 24.3 Å². The molecule has 0 bridgehead atoms. The second kappa shape index (κ2) is 39.0. The van der Waals surface area contributed by atoms with E-state index < -0.39 is 59.9 Å². The molecule has 61 heavy (non-hydrogen) atoms. The highest BCUT2D eigenvalue weighted by molar-refractivity contribution is 7.80. The van der Waals surface area contributed by atoms with Crippen LogP contribution >= 0.6 is 0 Å². The molecule has 12 nitrogen and oxygen atoms in total. The Labute approximate surface area is 372 Å². The van der Waals surface area contributed by atoms with Gasteiger partial charge in [0.25, 0.3) is 0 Å². The van der Waals surface area contributed by atoms with E-state index in [1.165, 1.54) is 154 Å². The highest BCUT2D eigenvalue weighted by Gasteiger charge is 2.48. The molecule has 1 aliphatic rings. The number of hydrogen-bond acceptors (Lipinski definition) is 10. The van der Waals surface area contributed by atoms with E-state index in [1.54, 1.807) is 6.08 Å². The Bertz CT molecular complexity index is 1190. The topological polar surface area (TPSA) is 192 Å². The van der Waals surface area contributed by atoms with Crippen molar-refractivity contribution in [2.24, 2.45) is 0 Å². The summed E-state index contributed by atoms with van der Waals surface area (Å²) in [5.74, 6) is -0.264. The summed E-state index contributed by atoms with van der Waals surface area (Å²) >= 11 is 0. The van der Waals surface area contributed by atoms with Crippen molar-refractivity contribution in [2.75, 3.05) is 13.2 Å². The lowest BCUT2D eigenvalue weighted by Gasteiger charge is -2.41. The number of ether oxygens (including phenoxy) is 2. The highest BCUT2D eigenvalue weighted by atomic mass is 32.3. The van der Waals surface area contributed by atoms with Gasteiger partial charge in [-0.1, -0.05) is 192 Å². The molecule has 1 rings (SSSR count). The van der Waals surface area contributed by atoms with E-state index in [-0.39, 0.29) is 18.9 Å². The van der Waals surface area contributed by atoms with E-state index in [0.29, 0.717) is 6.42 Å². The standard InChI is InChI=1S/C48H91NO11S/c1-3-5-7-9-11-13-15-17-18-19-20-21-22-23-24-26-28-30-32-34-36-38-44(52)49-41(42(51)37-35-33-31-29-27-25-16-14-12-10-8-6-4-2)40-58-48-46(54)47(60-61(55,56)57)45(53)43(39-50)59-48/h19-20,35,37,41-43,45-48,50-51,53-54H,3-18,21-34,36,38-40H2,1-2H3,(H,49,52)(H,55,56,57)/b20-19-,37-35+/t41-,42+,43?,45?,46?,47?,48?/m0/s1. The molecule has 0 radical (unpaired) electrons. The lowest BCUT2D eigenvalue weighted by atomic mass is 9.99. The average molecular weight is 890 g/mol. The van der Waals surface area contributed by atoms with Gasteiger partial charge in [-0.15, -0.1) is 0 Å². The molecule has 0 spiro atoms. The maximum absolute atomic E-state index is 13.0. The van der Waals surface area contributed by atoms with E-state index in [1.807, 2.05) is 6.08 Å². The molecule has 1 heterocycles. The summed E-state index contributed by atoms with van der Waals surface area (Å²) < 4.78 is 47.6. The van der Waals surface area contributed by atoms with E-state index in [2.05, 4.69) is 35.5 Å². The first-order valence-corrected chi connectivity index (χ1v) is 26.1. The maximum Gasteiger partial charge on any atom is 0.397 e. The van der Waals surface area contributed by atoms with Gasteiger partial charge in [0.05, 0.1) is 25.4 Å². The molecule has 0 aromatic carbocycles. The van der Waals surface area contributed by atoms with Crippen molar-refractivity contribution in [3.63, 3.8) is 0 Å². The lowest BCUT2D eigenvalue weighted by Crippen LogP contribution is -2.61. The molecule has 1 fully saturated rings. The third kappa shape index (κ3) is 32.0. The number of carbonyl (C=O) groups is 1. The van der Waals surface area contributed by atoms with Crippen LogP contribution in [0.3, 0.4) is 0 Å². The Balaban J connectivity index is 2.45. The Morgan fingerprint density at radius 1 is 0.639 bits per heavy atom. The van der Waals surface area contributed by atoms with Gasteiger partial charge in [0, 0.05) is 6.42 Å². The van der Waals surface area contributed by atoms with Crippen LogP contribution in [0.1, 0.15) is 219 Å². The van der Waals surface area contributed by atoms with Gasteiger partial charge < -0.3 is 35.2 Å². The first-order valence-electron chi connectivity index (χ1n) is 24.7. The van der Waals surface area contributed by atoms with Gasteiger partial charge in [-0.05, 0) is 44.9 Å². The van der Waals surface area contributed by atoms with Gasteiger partial charge in [0.15, 0.2) is 6.29 Å². The van der Waals surface area contributed by atoms with Gasteiger partial charge in [0.2, 0.25) is 5.91 Å². The third-order valence-corrected chi connectivity index (χ3v) is 12.2. The summed E-state index contributed by atoms with van der Waals surface area (Å²) in [6.07, 6.45) is 36.4. The molecular weight excluding hydrogens is 799 g/mol. The van der Waals surface area contributed by atoms with Crippen LogP contribution in [0.5, 0.6) is 0 Å². The third-order valence-electron chi connectivity index (χ3n) is 11.7. The molecule has 6 N–H and O–H groups in total. The number of hydrogen-bond donors (Lipinski definition) is 6. The van der Waals surface area contributed by atoms with E-state index in [9.17, 15) is 38.2 Å². The van der Waals surface area contributed by atoms with Crippen LogP contribution in [0.4, 0.5) is 0 Å². The molecule has 0 aliphatic carbocycles. The van der Waals surface area contributed by atoms with Crippen molar-refractivity contribution < 1.29 is 51.8 Å². The average Bonchev–Trinajstić information content (AvgIpc) is 3.23. The van der Waals surface area contributed by atoms with Crippen molar-refractivity contribution in [1.82, 2.24) is 5.32 Å². The molecule has 1 amide bonds. The zero-order valence-electron chi connectivity index (χ0n) is 38.5. The second-order valence-electron chi connectivity index (χ2n) is 17.4. The number of aliphatic hydroxyl groups excluding tert-OH is 4. The summed E-state index contributed by atoms with van der Waals surface area (Å²) in [5, 5.41) is 44.7. The number of carbonyl (C=O) groups excluding carboxylic acids is 1. The smallest absolute Gasteiger partial charge is 0.394 e. The molecular formula is C48H91NO11S. The van der Waals surface area contributed by atoms with Crippen molar-refractivity contribution >= 4 is 16.3 Å². The largest absolute Gasteiger partial charge is 0.397 e. The monoisotopic (exact) mass is 890 g/mol. The van der Waals surface area contributed by atoms with E-state index in [4.69, 9.17) is 9.47 Å². The van der Waals surface area contributed by atoms with E-state index in [0.717, 1.165) is 38.5 Å². The van der Waals surface area contributed by atoms with Gasteiger partial charge in [-0.3, -0.25) is 9.35 Å². The fourth-order valence-corrected chi connectivity index (χ4v) is 8.37. The predicted molar refractivity (Wildman–Crippen MR) is 245 cm³/mol. The van der Waals surface area contributed by atoms with Gasteiger partial charge >= 0.3 is 10.4 Å². The van der Waals surface area contributed by atoms with Gasteiger partial charge in [0.1, 0.15) is 24.4 Å². The van der Waals surface area contributed by atoms with E-state index >= 15 is 0 Å². The Morgan fingerprint density at radius 2 is 1.05 bits per heavy atom. The Kier molecular flexibility index (Phi) is 36.8. The lowest BCUT2D eigenvalue weighted by molar-refractivity contribution is -0.298. The van der Waals surface area contributed by atoms with Gasteiger partial charge in [-0.2, -0.15) is 8.42 Å². The molecule has 360 valence electrons. The minimum Gasteiger partial charge on any atom is -0.394 e. The summed E-state index contributed by atoms with van der Waals surface area (Å²) in [4.78, 5) is 13.0. The Hall–Kier alpha value is -1.42. The zero-order valence-corrected chi connectivity index (χ0v) is 39.3. The van der Waals surface area contributed by atoms with Crippen molar-refractivity contribution in [2.45, 2.75) is 262 Å². The molecule has 13 heteroatoms. The van der Waals surface area contributed by atoms with Crippen LogP contribution in [0, 0.1) is 0 Å². The fourth-order valence-electron chi connectivity index (χ4n) is 7.86. The zero-order chi connectivity index (χ0) is 44.8. The molecule has 7 atom stereocenters. The molecule has 1 saturated heterocycles. The predicted octanol–water partition coefficient (Wildman–Crippen LogP) is 10.1. The van der Waals surface area contributed by atoms with Crippen molar-refractivity contribution in [3.8, 4) is 0 Å². The minimum atomic E-state index is -5.08. The minimum absolute atomic E-state index is 0.264. The van der Waals surface area contributed by atoms with Crippen molar-refractivity contribution in [3.05, 3.63) is 24.3 Å². The molecule has 1 aliphatic heterocycles. The molecule has 0 aromatic rings. The second-order valence-corrected chi connectivity index (χ2v) is 18.4. The first kappa shape index (κ1) is 57.6. The summed E-state index contributed by atoms with van der Waals surface area (Å²) in [6.45, 7) is 3.39. The van der Waals surface area contributed by atoms with Crippen molar-refractivity contribution in [1.29, 1.82) is 0 Å². The van der Waals surface area contributed by atoms with Crippen LogP contribution in [0.25, 0.3) is 0 Å². The SMILES string of the molecule is CCCCCCCCCC/C=C\CCCCCCCCCCCC(=O)N[C@@H](COC1OC(CO)C(O)C(OS(=O)(=O)O)C1O)[C@H](O)/C=C/CCCCCCCCCCCCC. The number of amides is 1. The maximum atomic E-state index is 13.0. The van der Waals surface area contributed by atoms with Crippen LogP contribution in [0.2, 0.25) is 0 Å². The number of nitrogens with one attached hydrogen (secondary N) is 1. The molecule has 0 aromatic heterocycles. The quantitative estimate of drug-likeness (QED) is 0.0194.